The van der Waals surface area contributed by atoms with Gasteiger partial charge in [-0.25, -0.2) is 4.99 Å². The van der Waals surface area contributed by atoms with Gasteiger partial charge in [-0.15, -0.1) is 0 Å². The Kier molecular flexibility index (Phi) is 3.89. The van der Waals surface area contributed by atoms with Gasteiger partial charge in [0.05, 0.1) is 13.2 Å². The summed E-state index contributed by atoms with van der Waals surface area (Å²) >= 11 is 3.50. The number of guanidine groups is 1. The fourth-order valence-electron chi connectivity index (χ4n) is 1.87. The standard InChI is InChI=1S/C12H16BrN3O/c1-2-15-12(14)16-7-9-6-10(13)5-8-3-4-17-11(8)9/h5-6H,2-4,7H2,1H3,(H3,14,15,16). The molecule has 0 fully saturated rings. The number of halogens is 1. The third-order valence-corrected chi connectivity index (χ3v) is 3.06. The van der Waals surface area contributed by atoms with E-state index in [0.717, 1.165) is 35.4 Å². The summed E-state index contributed by atoms with van der Waals surface area (Å²) in [6.45, 7) is 4.07. The van der Waals surface area contributed by atoms with Crippen LogP contribution in [0.2, 0.25) is 0 Å². The molecule has 1 aromatic carbocycles. The number of nitrogens with zero attached hydrogens (tertiary/aromatic N) is 1. The van der Waals surface area contributed by atoms with Crippen molar-refractivity contribution >= 4 is 21.9 Å². The third-order valence-electron chi connectivity index (χ3n) is 2.60. The molecule has 0 aliphatic carbocycles. The molecule has 0 unspecified atom stereocenters. The van der Waals surface area contributed by atoms with Gasteiger partial charge in [-0.05, 0) is 24.6 Å². The highest BCUT2D eigenvalue weighted by Crippen LogP contribution is 2.33. The molecule has 17 heavy (non-hydrogen) atoms. The van der Waals surface area contributed by atoms with E-state index in [0.29, 0.717) is 12.5 Å². The third kappa shape index (κ3) is 2.91. The van der Waals surface area contributed by atoms with E-state index in [1.54, 1.807) is 0 Å². The molecule has 0 spiro atoms. The molecule has 92 valence electrons. The molecule has 1 heterocycles. The smallest absolute Gasteiger partial charge is 0.188 e. The highest BCUT2D eigenvalue weighted by molar-refractivity contribution is 9.10. The molecule has 1 aromatic rings. The topological polar surface area (TPSA) is 59.6 Å². The number of nitrogens with two attached hydrogens (primary N) is 1. The van der Waals surface area contributed by atoms with Crippen LogP contribution in [0.5, 0.6) is 5.75 Å². The second-order valence-corrected chi connectivity index (χ2v) is 4.80. The van der Waals surface area contributed by atoms with Gasteiger partial charge >= 0.3 is 0 Å². The van der Waals surface area contributed by atoms with Gasteiger partial charge in [0, 0.05) is 23.0 Å². The lowest BCUT2D eigenvalue weighted by Crippen LogP contribution is -2.31. The fourth-order valence-corrected chi connectivity index (χ4v) is 2.42. The number of fused-ring (bicyclic) bond motifs is 1. The van der Waals surface area contributed by atoms with Crippen LogP contribution >= 0.6 is 15.9 Å². The van der Waals surface area contributed by atoms with Gasteiger partial charge in [-0.1, -0.05) is 15.9 Å². The first-order valence-electron chi connectivity index (χ1n) is 5.68. The first-order chi connectivity index (χ1) is 8.20. The molecular weight excluding hydrogens is 282 g/mol. The largest absolute Gasteiger partial charge is 0.493 e. The van der Waals surface area contributed by atoms with Gasteiger partial charge in [0.25, 0.3) is 0 Å². The molecule has 1 aliphatic heterocycles. The Morgan fingerprint density at radius 1 is 1.59 bits per heavy atom. The first-order valence-corrected chi connectivity index (χ1v) is 6.48. The molecule has 0 saturated heterocycles. The number of hydrogen-bond acceptors (Lipinski definition) is 2. The Balaban J connectivity index is 2.19. The molecule has 2 rings (SSSR count). The monoisotopic (exact) mass is 297 g/mol. The van der Waals surface area contributed by atoms with Crippen LogP contribution in [-0.2, 0) is 13.0 Å². The number of hydrogen-bond donors (Lipinski definition) is 2. The quantitative estimate of drug-likeness (QED) is 0.661. The van der Waals surface area contributed by atoms with E-state index in [4.69, 9.17) is 10.5 Å². The van der Waals surface area contributed by atoms with Crippen molar-refractivity contribution in [2.75, 3.05) is 13.2 Å². The van der Waals surface area contributed by atoms with Crippen molar-refractivity contribution in [2.45, 2.75) is 19.9 Å². The van der Waals surface area contributed by atoms with E-state index < -0.39 is 0 Å². The Bertz CT molecular complexity index is 446. The predicted molar refractivity (Wildman–Crippen MR) is 72.3 cm³/mol. The normalized spacial score (nSPS) is 14.4. The van der Waals surface area contributed by atoms with Gasteiger partial charge in [0.1, 0.15) is 5.75 Å². The van der Waals surface area contributed by atoms with E-state index in [9.17, 15) is 0 Å². The van der Waals surface area contributed by atoms with Crippen molar-refractivity contribution in [1.29, 1.82) is 0 Å². The Morgan fingerprint density at radius 2 is 2.41 bits per heavy atom. The minimum Gasteiger partial charge on any atom is -0.493 e. The summed E-state index contributed by atoms with van der Waals surface area (Å²) in [6.07, 6.45) is 0.966. The molecule has 1 aliphatic rings. The maximum absolute atomic E-state index is 5.70. The van der Waals surface area contributed by atoms with Crippen molar-refractivity contribution in [3.05, 3.63) is 27.7 Å². The number of rotatable bonds is 3. The van der Waals surface area contributed by atoms with Gasteiger partial charge in [-0.3, -0.25) is 0 Å². The summed E-state index contributed by atoms with van der Waals surface area (Å²) in [5, 5.41) is 2.97. The Hall–Kier alpha value is -1.23. The Labute approximate surface area is 109 Å². The molecule has 0 bridgehead atoms. The van der Waals surface area contributed by atoms with Gasteiger partial charge in [0.15, 0.2) is 5.96 Å². The zero-order chi connectivity index (χ0) is 12.3. The van der Waals surface area contributed by atoms with Gasteiger partial charge < -0.3 is 15.8 Å². The summed E-state index contributed by atoms with van der Waals surface area (Å²) in [7, 11) is 0. The molecule has 0 radical (unpaired) electrons. The summed E-state index contributed by atoms with van der Waals surface area (Å²) in [4.78, 5) is 4.29. The van der Waals surface area contributed by atoms with E-state index in [1.807, 2.05) is 13.0 Å². The number of ether oxygens (including phenoxy) is 1. The molecule has 3 N–H and O–H groups in total. The number of nitrogens with one attached hydrogen (secondary N) is 1. The summed E-state index contributed by atoms with van der Waals surface area (Å²) < 4.78 is 6.69. The maximum Gasteiger partial charge on any atom is 0.188 e. The molecule has 4 nitrogen and oxygen atoms in total. The molecule has 0 amide bonds. The zero-order valence-electron chi connectivity index (χ0n) is 9.79. The lowest BCUT2D eigenvalue weighted by atomic mass is 10.1. The van der Waals surface area contributed by atoms with Gasteiger partial charge in [0.2, 0.25) is 0 Å². The Morgan fingerprint density at radius 3 is 3.18 bits per heavy atom. The highest BCUT2D eigenvalue weighted by atomic mass is 79.9. The van der Waals surface area contributed by atoms with Crippen LogP contribution in [0.15, 0.2) is 21.6 Å². The van der Waals surface area contributed by atoms with Crippen LogP contribution in [0.1, 0.15) is 18.1 Å². The summed E-state index contributed by atoms with van der Waals surface area (Å²) in [5.41, 5.74) is 8.02. The molecule has 0 atom stereocenters. The maximum atomic E-state index is 5.70. The number of benzene rings is 1. The average Bonchev–Trinajstić information content (AvgIpc) is 2.74. The highest BCUT2D eigenvalue weighted by Gasteiger charge is 2.17. The predicted octanol–water partition coefficient (Wildman–Crippen LogP) is 1.81. The van der Waals surface area contributed by atoms with Crippen molar-refractivity contribution in [3.8, 4) is 5.75 Å². The van der Waals surface area contributed by atoms with Crippen LogP contribution in [0.3, 0.4) is 0 Å². The SMILES string of the molecule is CCNC(N)=NCc1cc(Br)cc2c1OCC2. The minimum atomic E-state index is 0.472. The molecule has 5 heteroatoms. The second kappa shape index (κ2) is 5.40. The lowest BCUT2D eigenvalue weighted by molar-refractivity contribution is 0.353. The van der Waals surface area contributed by atoms with Crippen molar-refractivity contribution in [3.63, 3.8) is 0 Å². The summed E-state index contributed by atoms with van der Waals surface area (Å²) in [6, 6.07) is 4.13. The van der Waals surface area contributed by atoms with Gasteiger partial charge in [-0.2, -0.15) is 0 Å². The van der Waals surface area contributed by atoms with E-state index in [-0.39, 0.29) is 0 Å². The van der Waals surface area contributed by atoms with Crippen molar-refractivity contribution in [1.82, 2.24) is 5.32 Å². The van der Waals surface area contributed by atoms with E-state index >= 15 is 0 Å². The van der Waals surface area contributed by atoms with Crippen molar-refractivity contribution in [2.24, 2.45) is 10.7 Å². The summed E-state index contributed by atoms with van der Waals surface area (Å²) in [5.74, 6) is 1.44. The van der Waals surface area contributed by atoms with Crippen LogP contribution in [-0.4, -0.2) is 19.1 Å². The number of aliphatic imine (C=N–C) groups is 1. The lowest BCUT2D eigenvalue weighted by Gasteiger charge is -2.07. The first kappa shape index (κ1) is 12.2. The molecule has 0 saturated carbocycles. The van der Waals surface area contributed by atoms with E-state index in [2.05, 4.69) is 32.3 Å². The second-order valence-electron chi connectivity index (χ2n) is 3.88. The average molecular weight is 298 g/mol. The van der Waals surface area contributed by atoms with Crippen LogP contribution < -0.4 is 15.8 Å². The van der Waals surface area contributed by atoms with Crippen molar-refractivity contribution < 1.29 is 4.74 Å². The minimum absolute atomic E-state index is 0.472. The zero-order valence-corrected chi connectivity index (χ0v) is 11.4. The molecular formula is C12H16BrN3O. The van der Waals surface area contributed by atoms with Crippen LogP contribution in [0.4, 0.5) is 0 Å². The van der Waals surface area contributed by atoms with Crippen LogP contribution in [0, 0.1) is 0 Å². The van der Waals surface area contributed by atoms with Crippen LogP contribution in [0.25, 0.3) is 0 Å². The molecule has 0 aromatic heterocycles. The fraction of sp³-hybridized carbons (Fsp3) is 0.417. The van der Waals surface area contributed by atoms with E-state index in [1.165, 1.54) is 5.56 Å².